The lowest BCUT2D eigenvalue weighted by atomic mass is 10.2. The van der Waals surface area contributed by atoms with E-state index in [1.54, 1.807) is 49.6 Å². The lowest BCUT2D eigenvalue weighted by molar-refractivity contribution is -0.141. The molecule has 1 aromatic heterocycles. The monoisotopic (exact) mass is 403 g/mol. The number of hydrogen-bond acceptors (Lipinski definition) is 5. The maximum atomic E-state index is 12.6. The van der Waals surface area contributed by atoms with Crippen LogP contribution in [-0.4, -0.2) is 19.0 Å². The summed E-state index contributed by atoms with van der Waals surface area (Å²) >= 11 is 0. The normalized spacial score (nSPS) is 11.3. The van der Waals surface area contributed by atoms with E-state index in [1.807, 2.05) is 30.3 Å². The van der Waals surface area contributed by atoms with Crippen molar-refractivity contribution >= 4 is 24.0 Å². The zero-order valence-corrected chi connectivity index (χ0v) is 16.4. The van der Waals surface area contributed by atoms with Crippen LogP contribution in [0, 0.1) is 0 Å². The molecule has 3 aromatic rings. The van der Waals surface area contributed by atoms with E-state index < -0.39 is 11.9 Å². The SMILES string of the molecule is COc1ccc(/C=C(\NC(=O)/C=C/c2ccccc2)C(=O)OCc2ccco2)cc1. The molecular weight excluding hydrogens is 382 g/mol. The molecule has 1 amide bonds. The second-order valence-corrected chi connectivity index (χ2v) is 6.22. The molecule has 6 nitrogen and oxygen atoms in total. The van der Waals surface area contributed by atoms with Gasteiger partial charge in [-0.15, -0.1) is 0 Å². The van der Waals surface area contributed by atoms with Crippen molar-refractivity contribution in [1.29, 1.82) is 0 Å². The van der Waals surface area contributed by atoms with E-state index in [1.165, 1.54) is 18.4 Å². The molecule has 6 heteroatoms. The first kappa shape index (κ1) is 20.7. The number of ether oxygens (including phenoxy) is 2. The van der Waals surface area contributed by atoms with Crippen molar-refractivity contribution < 1.29 is 23.5 Å². The number of carbonyl (C=O) groups excluding carboxylic acids is 2. The van der Waals surface area contributed by atoms with Crippen LogP contribution in [0.2, 0.25) is 0 Å². The molecule has 0 unspecified atom stereocenters. The molecule has 0 aliphatic carbocycles. The highest BCUT2D eigenvalue weighted by atomic mass is 16.5. The van der Waals surface area contributed by atoms with Crippen molar-refractivity contribution in [1.82, 2.24) is 5.32 Å². The number of furan rings is 1. The first-order valence-corrected chi connectivity index (χ1v) is 9.23. The Morgan fingerprint density at radius 1 is 0.967 bits per heavy atom. The number of carbonyl (C=O) groups is 2. The summed E-state index contributed by atoms with van der Waals surface area (Å²) in [7, 11) is 1.57. The molecule has 3 rings (SSSR count). The van der Waals surface area contributed by atoms with Gasteiger partial charge >= 0.3 is 5.97 Å². The van der Waals surface area contributed by atoms with Crippen LogP contribution in [0.1, 0.15) is 16.9 Å². The van der Waals surface area contributed by atoms with Gasteiger partial charge in [0.25, 0.3) is 0 Å². The van der Waals surface area contributed by atoms with E-state index in [2.05, 4.69) is 5.32 Å². The summed E-state index contributed by atoms with van der Waals surface area (Å²) in [5, 5.41) is 2.59. The number of rotatable bonds is 8. The van der Waals surface area contributed by atoms with Crippen molar-refractivity contribution in [2.45, 2.75) is 6.61 Å². The maximum Gasteiger partial charge on any atom is 0.355 e. The molecule has 0 saturated carbocycles. The fourth-order valence-corrected chi connectivity index (χ4v) is 2.53. The lowest BCUT2D eigenvalue weighted by Crippen LogP contribution is -2.27. The minimum atomic E-state index is -0.677. The summed E-state index contributed by atoms with van der Waals surface area (Å²) < 4.78 is 15.6. The highest BCUT2D eigenvalue weighted by molar-refractivity contribution is 6.02. The Morgan fingerprint density at radius 3 is 2.40 bits per heavy atom. The van der Waals surface area contributed by atoms with E-state index >= 15 is 0 Å². The van der Waals surface area contributed by atoms with E-state index in [0.29, 0.717) is 17.1 Å². The van der Waals surface area contributed by atoms with Gasteiger partial charge in [0.05, 0.1) is 13.4 Å². The topological polar surface area (TPSA) is 77.8 Å². The van der Waals surface area contributed by atoms with Crippen molar-refractivity contribution in [3.05, 3.63) is 102 Å². The summed E-state index contributed by atoms with van der Waals surface area (Å²) in [6.45, 7) is -0.0402. The second-order valence-electron chi connectivity index (χ2n) is 6.22. The van der Waals surface area contributed by atoms with Crippen LogP contribution in [0.25, 0.3) is 12.2 Å². The first-order valence-electron chi connectivity index (χ1n) is 9.23. The van der Waals surface area contributed by atoms with Gasteiger partial charge in [-0.25, -0.2) is 4.79 Å². The van der Waals surface area contributed by atoms with E-state index in [-0.39, 0.29) is 12.3 Å². The van der Waals surface area contributed by atoms with Gasteiger partial charge in [-0.3, -0.25) is 4.79 Å². The van der Waals surface area contributed by atoms with E-state index in [4.69, 9.17) is 13.9 Å². The highest BCUT2D eigenvalue weighted by Gasteiger charge is 2.14. The smallest absolute Gasteiger partial charge is 0.355 e. The maximum absolute atomic E-state index is 12.6. The van der Waals surface area contributed by atoms with Crippen molar-refractivity contribution in [2.24, 2.45) is 0 Å². The Labute approximate surface area is 174 Å². The van der Waals surface area contributed by atoms with E-state index in [9.17, 15) is 9.59 Å². The molecule has 0 aliphatic heterocycles. The van der Waals surface area contributed by atoms with Crippen molar-refractivity contribution in [2.75, 3.05) is 7.11 Å². The lowest BCUT2D eigenvalue weighted by Gasteiger charge is -2.09. The molecule has 2 aromatic carbocycles. The average Bonchev–Trinajstić information content (AvgIpc) is 3.30. The van der Waals surface area contributed by atoms with Gasteiger partial charge in [0, 0.05) is 6.08 Å². The largest absolute Gasteiger partial charge is 0.497 e. The Hall–Kier alpha value is -4.06. The van der Waals surface area contributed by atoms with Crippen LogP contribution in [0.15, 0.2) is 89.2 Å². The van der Waals surface area contributed by atoms with Crippen LogP contribution in [0.4, 0.5) is 0 Å². The molecular formula is C24H21NO5. The minimum Gasteiger partial charge on any atom is -0.497 e. The number of methoxy groups -OCH3 is 1. The van der Waals surface area contributed by atoms with Gasteiger partial charge in [0.1, 0.15) is 23.8 Å². The quantitative estimate of drug-likeness (QED) is 0.450. The van der Waals surface area contributed by atoms with Gasteiger partial charge in [-0.1, -0.05) is 42.5 Å². The van der Waals surface area contributed by atoms with Crippen molar-refractivity contribution in [3.63, 3.8) is 0 Å². The zero-order valence-electron chi connectivity index (χ0n) is 16.4. The summed E-state index contributed by atoms with van der Waals surface area (Å²) in [6, 6.07) is 19.8. The van der Waals surface area contributed by atoms with Gasteiger partial charge < -0.3 is 19.2 Å². The molecule has 1 heterocycles. The van der Waals surface area contributed by atoms with Crippen LogP contribution in [0.3, 0.4) is 0 Å². The highest BCUT2D eigenvalue weighted by Crippen LogP contribution is 2.14. The Morgan fingerprint density at radius 2 is 1.73 bits per heavy atom. The number of benzene rings is 2. The predicted octanol–water partition coefficient (Wildman–Crippen LogP) is 4.20. The molecule has 0 bridgehead atoms. The zero-order chi connectivity index (χ0) is 21.2. The third-order valence-corrected chi connectivity index (χ3v) is 4.06. The summed E-state index contributed by atoms with van der Waals surface area (Å²) in [5.41, 5.74) is 1.58. The Balaban J connectivity index is 1.74. The third-order valence-electron chi connectivity index (χ3n) is 4.06. The number of esters is 1. The fraction of sp³-hybridized carbons (Fsp3) is 0.0833. The third kappa shape index (κ3) is 6.24. The number of nitrogens with one attached hydrogen (secondary N) is 1. The molecule has 0 spiro atoms. The summed E-state index contributed by atoms with van der Waals surface area (Å²) in [4.78, 5) is 24.9. The van der Waals surface area contributed by atoms with Crippen molar-refractivity contribution in [3.8, 4) is 5.75 Å². The number of hydrogen-bond donors (Lipinski definition) is 1. The van der Waals surface area contributed by atoms with Crippen LogP contribution < -0.4 is 10.1 Å². The predicted molar refractivity (Wildman–Crippen MR) is 113 cm³/mol. The second kappa shape index (κ2) is 10.5. The van der Waals surface area contributed by atoms with Gasteiger partial charge in [0.15, 0.2) is 0 Å². The average molecular weight is 403 g/mol. The summed E-state index contributed by atoms with van der Waals surface area (Å²) in [6.07, 6.45) is 6.05. The Bertz CT molecular complexity index is 1020. The van der Waals surface area contributed by atoms with Gasteiger partial charge in [-0.05, 0) is 47.5 Å². The van der Waals surface area contributed by atoms with Gasteiger partial charge in [0.2, 0.25) is 5.91 Å². The molecule has 0 aliphatic rings. The van der Waals surface area contributed by atoms with E-state index in [0.717, 1.165) is 5.56 Å². The standard InChI is InChI=1S/C24H21NO5/c1-28-20-12-9-19(10-13-20)16-22(24(27)30-17-21-8-5-15-29-21)25-23(26)14-11-18-6-3-2-4-7-18/h2-16H,17H2,1H3,(H,25,26)/b14-11+,22-16-. The molecule has 30 heavy (non-hydrogen) atoms. The van der Waals surface area contributed by atoms with Crippen LogP contribution in [0.5, 0.6) is 5.75 Å². The molecule has 0 radical (unpaired) electrons. The van der Waals surface area contributed by atoms with Gasteiger partial charge in [-0.2, -0.15) is 0 Å². The molecule has 0 atom stereocenters. The molecule has 0 fully saturated rings. The summed E-state index contributed by atoms with van der Waals surface area (Å²) in [5.74, 6) is 0.0589. The molecule has 1 N–H and O–H groups in total. The number of amides is 1. The first-order chi connectivity index (χ1) is 14.6. The fourth-order valence-electron chi connectivity index (χ4n) is 2.53. The van der Waals surface area contributed by atoms with Crippen LogP contribution >= 0.6 is 0 Å². The Kier molecular flexibility index (Phi) is 7.22. The molecule has 152 valence electrons. The minimum absolute atomic E-state index is 0.00874. The molecule has 0 saturated heterocycles. The van der Waals surface area contributed by atoms with Crippen LogP contribution in [-0.2, 0) is 20.9 Å².